The van der Waals surface area contributed by atoms with Gasteiger partial charge < -0.3 is 15.3 Å². The van der Waals surface area contributed by atoms with Gasteiger partial charge in [0, 0.05) is 27.1 Å². The summed E-state index contributed by atoms with van der Waals surface area (Å²) in [5.41, 5.74) is 0. The molecule has 0 fully saturated rings. The zero-order chi connectivity index (χ0) is 14.7. The van der Waals surface area contributed by atoms with Crippen LogP contribution in [0.15, 0.2) is 6.07 Å². The maximum atomic E-state index is 11.9. The predicted molar refractivity (Wildman–Crippen MR) is 81.0 cm³/mol. The first kappa shape index (κ1) is 14.7. The van der Waals surface area contributed by atoms with Crippen molar-refractivity contribution in [3.8, 4) is 0 Å². The largest absolute Gasteiger partial charge is 0.481 e. The fourth-order valence-corrected chi connectivity index (χ4v) is 3.61. The number of carbonyl (C=O) groups is 2. The van der Waals surface area contributed by atoms with Crippen molar-refractivity contribution in [3.63, 3.8) is 0 Å². The van der Waals surface area contributed by atoms with Crippen molar-refractivity contribution in [2.45, 2.75) is 12.8 Å². The Morgan fingerprint density at radius 1 is 1.40 bits per heavy atom. The molecule has 0 saturated carbocycles. The van der Waals surface area contributed by atoms with Crippen LogP contribution in [-0.4, -0.2) is 42.6 Å². The van der Waals surface area contributed by atoms with Gasteiger partial charge in [0.15, 0.2) is 5.13 Å². The van der Waals surface area contributed by atoms with Crippen LogP contribution in [0.25, 0.3) is 9.53 Å². The highest BCUT2D eigenvalue weighted by molar-refractivity contribution is 7.29. The van der Waals surface area contributed by atoms with Crippen molar-refractivity contribution in [2.75, 3.05) is 25.5 Å². The fraction of sp³-hybridized carbons (Fsp3) is 0.417. The molecule has 0 aromatic carbocycles. The van der Waals surface area contributed by atoms with Crippen LogP contribution < -0.4 is 10.2 Å². The summed E-state index contributed by atoms with van der Waals surface area (Å²) in [5.74, 6) is -1.02. The minimum absolute atomic E-state index is 0.0631. The van der Waals surface area contributed by atoms with E-state index >= 15 is 0 Å². The Morgan fingerprint density at radius 3 is 2.75 bits per heavy atom. The lowest BCUT2D eigenvalue weighted by Gasteiger charge is -2.05. The van der Waals surface area contributed by atoms with Crippen LogP contribution in [0.1, 0.15) is 22.5 Å². The quantitative estimate of drug-likeness (QED) is 0.797. The molecule has 2 aromatic rings. The number of carbonyl (C=O) groups excluding carboxylic acids is 1. The van der Waals surface area contributed by atoms with Gasteiger partial charge in [-0.25, -0.2) is 4.98 Å². The number of carboxylic acids is 1. The summed E-state index contributed by atoms with van der Waals surface area (Å²) in [6.07, 6.45) is 0.497. The average Bonchev–Trinajstić information content (AvgIpc) is 2.91. The van der Waals surface area contributed by atoms with E-state index in [4.69, 9.17) is 5.11 Å². The number of hydrogen-bond acceptors (Lipinski definition) is 6. The molecule has 0 aliphatic heterocycles. The molecule has 20 heavy (non-hydrogen) atoms. The molecule has 6 nitrogen and oxygen atoms in total. The highest BCUT2D eigenvalue weighted by Gasteiger charge is 2.14. The third kappa shape index (κ3) is 3.45. The van der Waals surface area contributed by atoms with E-state index in [0.717, 1.165) is 14.7 Å². The fourth-order valence-electron chi connectivity index (χ4n) is 1.56. The maximum absolute atomic E-state index is 11.9. The van der Waals surface area contributed by atoms with Gasteiger partial charge >= 0.3 is 5.97 Å². The standard InChI is InChI=1S/C12H15N3O3S2/c1-15(2)12-14-11-8(20-12)6-7(19-11)10(18)13-5-3-4-9(16)17/h6H,3-5H2,1-2H3,(H,13,18)(H,16,17). The van der Waals surface area contributed by atoms with Gasteiger partial charge in [-0.15, -0.1) is 11.3 Å². The first-order chi connectivity index (χ1) is 9.47. The zero-order valence-electron chi connectivity index (χ0n) is 11.2. The summed E-state index contributed by atoms with van der Waals surface area (Å²) in [4.78, 5) is 30.1. The number of amides is 1. The second-order valence-electron chi connectivity index (χ2n) is 4.42. The number of anilines is 1. The second kappa shape index (κ2) is 6.19. The van der Waals surface area contributed by atoms with Crippen LogP contribution in [0.5, 0.6) is 0 Å². The molecule has 108 valence electrons. The normalized spacial score (nSPS) is 10.7. The maximum Gasteiger partial charge on any atom is 0.303 e. The van der Waals surface area contributed by atoms with E-state index in [0.29, 0.717) is 17.8 Å². The zero-order valence-corrected chi connectivity index (χ0v) is 12.8. The van der Waals surface area contributed by atoms with Gasteiger partial charge in [-0.05, 0) is 12.5 Å². The van der Waals surface area contributed by atoms with Gasteiger partial charge in [0.05, 0.1) is 9.58 Å². The molecule has 2 heterocycles. The van der Waals surface area contributed by atoms with E-state index in [1.165, 1.54) is 11.3 Å². The monoisotopic (exact) mass is 313 g/mol. The number of thiazole rings is 1. The highest BCUT2D eigenvalue weighted by Crippen LogP contribution is 2.33. The van der Waals surface area contributed by atoms with Gasteiger partial charge in [-0.1, -0.05) is 11.3 Å². The lowest BCUT2D eigenvalue weighted by Crippen LogP contribution is -2.23. The minimum atomic E-state index is -0.851. The Bertz CT molecular complexity index is 601. The predicted octanol–water partition coefficient (Wildman–Crippen LogP) is 2.02. The SMILES string of the molecule is CN(C)c1nc2sc(C(=O)NCCCC(=O)O)cc2s1. The summed E-state index contributed by atoms with van der Waals surface area (Å²) in [6.45, 7) is 0.368. The molecule has 2 N–H and O–H groups in total. The summed E-state index contributed by atoms with van der Waals surface area (Å²) in [6, 6.07) is 1.83. The van der Waals surface area contributed by atoms with Crippen LogP contribution in [0.3, 0.4) is 0 Å². The molecule has 2 rings (SSSR count). The summed E-state index contributed by atoms with van der Waals surface area (Å²) >= 11 is 2.90. The van der Waals surface area contributed by atoms with Gasteiger partial charge in [0.25, 0.3) is 5.91 Å². The molecule has 0 saturated heterocycles. The molecular formula is C12H15N3O3S2. The Kier molecular flexibility index (Phi) is 4.56. The molecule has 8 heteroatoms. The average molecular weight is 313 g/mol. The molecule has 0 radical (unpaired) electrons. The molecular weight excluding hydrogens is 298 g/mol. The number of nitrogens with one attached hydrogen (secondary N) is 1. The summed E-state index contributed by atoms with van der Waals surface area (Å²) in [5, 5.41) is 12.1. The number of nitrogens with zero attached hydrogens (tertiary/aromatic N) is 2. The number of rotatable bonds is 6. The summed E-state index contributed by atoms with van der Waals surface area (Å²) < 4.78 is 0.995. The molecule has 0 aliphatic carbocycles. The second-order valence-corrected chi connectivity index (χ2v) is 6.46. The Labute approximate surface area is 124 Å². The molecule has 1 amide bonds. The molecule has 0 spiro atoms. The third-order valence-electron chi connectivity index (χ3n) is 2.54. The Morgan fingerprint density at radius 2 is 2.15 bits per heavy atom. The van der Waals surface area contributed by atoms with Crippen LogP contribution in [0.4, 0.5) is 5.13 Å². The van der Waals surface area contributed by atoms with E-state index in [2.05, 4.69) is 10.3 Å². The van der Waals surface area contributed by atoms with Gasteiger partial charge in [-0.3, -0.25) is 9.59 Å². The van der Waals surface area contributed by atoms with E-state index in [1.54, 1.807) is 11.3 Å². The highest BCUT2D eigenvalue weighted by atomic mass is 32.1. The number of hydrogen-bond donors (Lipinski definition) is 2. The summed E-state index contributed by atoms with van der Waals surface area (Å²) in [7, 11) is 3.86. The topological polar surface area (TPSA) is 82.5 Å². The first-order valence-electron chi connectivity index (χ1n) is 6.05. The van der Waals surface area contributed by atoms with Crippen LogP contribution in [0, 0.1) is 0 Å². The molecule has 2 aromatic heterocycles. The van der Waals surface area contributed by atoms with E-state index in [-0.39, 0.29) is 12.3 Å². The Hall–Kier alpha value is -1.67. The van der Waals surface area contributed by atoms with Crippen LogP contribution in [-0.2, 0) is 4.79 Å². The lowest BCUT2D eigenvalue weighted by molar-refractivity contribution is -0.137. The minimum Gasteiger partial charge on any atom is -0.481 e. The van der Waals surface area contributed by atoms with E-state index in [9.17, 15) is 9.59 Å². The number of fused-ring (bicyclic) bond motifs is 1. The number of aliphatic carboxylic acids is 1. The molecule has 0 atom stereocenters. The first-order valence-corrected chi connectivity index (χ1v) is 7.68. The van der Waals surface area contributed by atoms with Crippen molar-refractivity contribution in [1.29, 1.82) is 0 Å². The van der Waals surface area contributed by atoms with Crippen molar-refractivity contribution in [3.05, 3.63) is 10.9 Å². The molecule has 0 unspecified atom stereocenters. The smallest absolute Gasteiger partial charge is 0.303 e. The lowest BCUT2D eigenvalue weighted by atomic mass is 10.3. The number of carboxylic acid groups (broad SMARTS) is 1. The van der Waals surface area contributed by atoms with E-state index in [1.807, 2.05) is 25.1 Å². The van der Waals surface area contributed by atoms with Crippen LogP contribution in [0.2, 0.25) is 0 Å². The van der Waals surface area contributed by atoms with Gasteiger partial charge in [0.1, 0.15) is 4.83 Å². The number of aromatic nitrogens is 1. The van der Waals surface area contributed by atoms with Crippen LogP contribution >= 0.6 is 22.7 Å². The van der Waals surface area contributed by atoms with Crippen molar-refractivity contribution < 1.29 is 14.7 Å². The molecule has 0 aliphatic rings. The van der Waals surface area contributed by atoms with Crippen molar-refractivity contribution in [2.24, 2.45) is 0 Å². The van der Waals surface area contributed by atoms with Crippen molar-refractivity contribution >= 4 is 49.2 Å². The van der Waals surface area contributed by atoms with Gasteiger partial charge in [-0.2, -0.15) is 0 Å². The molecule has 0 bridgehead atoms. The van der Waals surface area contributed by atoms with E-state index < -0.39 is 5.97 Å². The number of thiophene rings is 1. The van der Waals surface area contributed by atoms with Crippen molar-refractivity contribution in [1.82, 2.24) is 10.3 Å². The third-order valence-corrected chi connectivity index (χ3v) is 4.86. The Balaban J connectivity index is 1.96. The van der Waals surface area contributed by atoms with Gasteiger partial charge in [0.2, 0.25) is 0 Å².